The van der Waals surface area contributed by atoms with Crippen molar-refractivity contribution in [2.75, 3.05) is 14.8 Å². The molecule has 0 atom stereocenters. The summed E-state index contributed by atoms with van der Waals surface area (Å²) < 4.78 is 63.1. The summed E-state index contributed by atoms with van der Waals surface area (Å²) in [5, 5.41) is 13.1. The van der Waals surface area contributed by atoms with Crippen LogP contribution in [0.2, 0.25) is 0 Å². The molecule has 0 heterocycles. The number of ether oxygens (including phenoxy) is 1. The molecule has 0 aliphatic rings. The van der Waals surface area contributed by atoms with Crippen LogP contribution in [-0.2, 0) is 26.6 Å². The van der Waals surface area contributed by atoms with Crippen molar-refractivity contribution in [2.45, 2.75) is 30.2 Å². The molecule has 0 saturated heterocycles. The van der Waals surface area contributed by atoms with Gasteiger partial charge < -0.3 is 15.2 Å². The van der Waals surface area contributed by atoms with Gasteiger partial charge in [0, 0.05) is 12.6 Å². The molecule has 0 bridgehead atoms. The molecule has 236 valence electrons. The standard InChI is InChI=1S/C34H31N3O7S2/c1-23-8-14-28(15-9-23)45(40,41)36-31-18-12-26(20-30(31)34(38)39)44-27-13-19-32(33(21-27)35-22-25-6-4-3-5-7-25)37-46(42,43)29-16-10-24(2)11-17-29/h3-21,35-37H,22H2,1-2H3,(H,38,39). The topological polar surface area (TPSA) is 151 Å². The van der Waals surface area contributed by atoms with E-state index in [0.717, 1.165) is 16.7 Å². The highest BCUT2D eigenvalue weighted by Crippen LogP contribution is 2.34. The molecule has 10 nitrogen and oxygen atoms in total. The average molecular weight is 658 g/mol. The van der Waals surface area contributed by atoms with Gasteiger partial charge in [0.25, 0.3) is 20.0 Å². The third-order valence-corrected chi connectivity index (χ3v) is 9.69. The Morgan fingerprint density at radius 1 is 0.630 bits per heavy atom. The van der Waals surface area contributed by atoms with E-state index in [1.54, 1.807) is 30.3 Å². The lowest BCUT2D eigenvalue weighted by atomic mass is 10.1. The van der Waals surface area contributed by atoms with Crippen molar-refractivity contribution in [3.63, 3.8) is 0 Å². The largest absolute Gasteiger partial charge is 0.478 e. The number of aryl methyl sites for hydroxylation is 2. The minimum absolute atomic E-state index is 0.0108. The zero-order chi connectivity index (χ0) is 32.9. The van der Waals surface area contributed by atoms with Crippen LogP contribution in [0.4, 0.5) is 17.1 Å². The summed E-state index contributed by atoms with van der Waals surface area (Å²) in [6, 6.07) is 30.8. The molecule has 5 aromatic rings. The van der Waals surface area contributed by atoms with Crippen molar-refractivity contribution >= 4 is 43.1 Å². The first-order valence-electron chi connectivity index (χ1n) is 14.1. The van der Waals surface area contributed by atoms with Gasteiger partial charge in [-0.15, -0.1) is 0 Å². The minimum Gasteiger partial charge on any atom is -0.478 e. The number of carbonyl (C=O) groups is 1. The Morgan fingerprint density at radius 3 is 1.67 bits per heavy atom. The quantitative estimate of drug-likeness (QED) is 0.112. The third-order valence-electron chi connectivity index (χ3n) is 6.93. The van der Waals surface area contributed by atoms with Crippen LogP contribution in [-0.4, -0.2) is 27.9 Å². The lowest BCUT2D eigenvalue weighted by Crippen LogP contribution is -2.15. The number of carboxylic acids is 1. The first kappa shape index (κ1) is 32.1. The molecule has 0 aliphatic carbocycles. The monoisotopic (exact) mass is 657 g/mol. The van der Waals surface area contributed by atoms with E-state index in [4.69, 9.17) is 4.74 Å². The normalized spacial score (nSPS) is 11.4. The number of aromatic carboxylic acids is 1. The number of nitrogens with one attached hydrogen (secondary N) is 3. The number of rotatable bonds is 12. The molecule has 5 aromatic carbocycles. The van der Waals surface area contributed by atoms with Gasteiger partial charge in [-0.25, -0.2) is 21.6 Å². The van der Waals surface area contributed by atoms with Crippen LogP contribution in [0.3, 0.4) is 0 Å². The highest BCUT2D eigenvalue weighted by molar-refractivity contribution is 7.93. The van der Waals surface area contributed by atoms with E-state index < -0.39 is 26.0 Å². The van der Waals surface area contributed by atoms with Crippen molar-refractivity contribution in [1.82, 2.24) is 0 Å². The van der Waals surface area contributed by atoms with Gasteiger partial charge in [0.05, 0.1) is 32.4 Å². The first-order chi connectivity index (χ1) is 21.9. The van der Waals surface area contributed by atoms with Gasteiger partial charge in [-0.05, 0) is 74.0 Å². The molecule has 5 rings (SSSR count). The molecular formula is C34H31N3O7S2. The molecule has 0 saturated carbocycles. The molecule has 46 heavy (non-hydrogen) atoms. The van der Waals surface area contributed by atoms with Crippen LogP contribution >= 0.6 is 0 Å². The van der Waals surface area contributed by atoms with Gasteiger partial charge in [-0.3, -0.25) is 9.44 Å². The predicted octanol–water partition coefficient (Wildman–Crippen LogP) is 7.01. The summed E-state index contributed by atoms with van der Waals surface area (Å²) in [7, 11) is -7.97. The van der Waals surface area contributed by atoms with Gasteiger partial charge in [0.1, 0.15) is 11.5 Å². The first-order valence-corrected chi connectivity index (χ1v) is 17.0. The van der Waals surface area contributed by atoms with E-state index in [9.17, 15) is 26.7 Å². The van der Waals surface area contributed by atoms with E-state index in [1.165, 1.54) is 54.6 Å². The molecule has 0 fully saturated rings. The molecule has 4 N–H and O–H groups in total. The lowest BCUT2D eigenvalue weighted by molar-refractivity contribution is 0.0697. The molecular weight excluding hydrogens is 627 g/mol. The van der Waals surface area contributed by atoms with E-state index in [0.29, 0.717) is 12.2 Å². The average Bonchev–Trinajstić information content (AvgIpc) is 3.02. The molecule has 0 amide bonds. The predicted molar refractivity (Wildman–Crippen MR) is 178 cm³/mol. The van der Waals surface area contributed by atoms with E-state index >= 15 is 0 Å². The van der Waals surface area contributed by atoms with E-state index in [2.05, 4.69) is 14.8 Å². The zero-order valence-electron chi connectivity index (χ0n) is 24.9. The van der Waals surface area contributed by atoms with Gasteiger partial charge in [0.2, 0.25) is 0 Å². The smallest absolute Gasteiger partial charge is 0.337 e. The van der Waals surface area contributed by atoms with Gasteiger partial charge >= 0.3 is 5.97 Å². The summed E-state index contributed by atoms with van der Waals surface area (Å²) >= 11 is 0. The Labute approximate surface area is 267 Å². The van der Waals surface area contributed by atoms with Gasteiger partial charge in [-0.2, -0.15) is 0 Å². The zero-order valence-corrected chi connectivity index (χ0v) is 26.5. The fraction of sp³-hybridized carbons (Fsp3) is 0.0882. The molecule has 0 spiro atoms. The molecule has 0 aliphatic heterocycles. The molecule has 0 unspecified atom stereocenters. The van der Waals surface area contributed by atoms with Crippen molar-refractivity contribution in [2.24, 2.45) is 0 Å². The lowest BCUT2D eigenvalue weighted by Gasteiger charge is -2.17. The van der Waals surface area contributed by atoms with Crippen molar-refractivity contribution < 1.29 is 31.5 Å². The number of hydrogen-bond donors (Lipinski definition) is 4. The van der Waals surface area contributed by atoms with Crippen molar-refractivity contribution in [3.05, 3.63) is 138 Å². The number of anilines is 3. The van der Waals surface area contributed by atoms with Crippen molar-refractivity contribution in [1.29, 1.82) is 0 Å². The van der Waals surface area contributed by atoms with Crippen LogP contribution < -0.4 is 19.5 Å². The Bertz CT molecular complexity index is 2080. The Hall–Kier alpha value is -5.33. The van der Waals surface area contributed by atoms with Crippen LogP contribution in [0.15, 0.2) is 125 Å². The summed E-state index contributed by atoms with van der Waals surface area (Å²) in [5.41, 5.74) is 2.99. The minimum atomic E-state index is -4.05. The Kier molecular flexibility index (Phi) is 9.31. The molecule has 0 aromatic heterocycles. The summed E-state index contributed by atoms with van der Waals surface area (Å²) in [5.74, 6) is -0.964. The molecule has 12 heteroatoms. The van der Waals surface area contributed by atoms with Crippen LogP contribution in [0.5, 0.6) is 11.5 Å². The summed E-state index contributed by atoms with van der Waals surface area (Å²) in [6.45, 7) is 4.07. The summed E-state index contributed by atoms with van der Waals surface area (Å²) in [4.78, 5) is 12.2. The number of sulfonamides is 2. The number of carboxylic acid groups (broad SMARTS) is 1. The summed E-state index contributed by atoms with van der Waals surface area (Å²) in [6.07, 6.45) is 0. The fourth-order valence-electron chi connectivity index (χ4n) is 4.45. The maximum absolute atomic E-state index is 13.2. The fourth-order valence-corrected chi connectivity index (χ4v) is 6.61. The highest BCUT2D eigenvalue weighted by atomic mass is 32.2. The Morgan fingerprint density at radius 2 is 1.13 bits per heavy atom. The highest BCUT2D eigenvalue weighted by Gasteiger charge is 2.20. The van der Waals surface area contributed by atoms with E-state index in [1.807, 2.05) is 44.2 Å². The second kappa shape index (κ2) is 13.3. The van der Waals surface area contributed by atoms with Crippen molar-refractivity contribution in [3.8, 4) is 11.5 Å². The maximum atomic E-state index is 13.2. The SMILES string of the molecule is Cc1ccc(S(=O)(=O)Nc2ccc(Oc3ccc(NS(=O)(=O)c4ccc(C)cc4)c(C(=O)O)c3)cc2NCc2ccccc2)cc1. The van der Waals surface area contributed by atoms with Crippen LogP contribution in [0.1, 0.15) is 27.0 Å². The second-order valence-corrected chi connectivity index (χ2v) is 13.9. The van der Waals surface area contributed by atoms with Crippen LogP contribution in [0, 0.1) is 13.8 Å². The second-order valence-electron chi connectivity index (χ2n) is 10.5. The van der Waals surface area contributed by atoms with E-state index in [-0.39, 0.29) is 38.2 Å². The van der Waals surface area contributed by atoms with Gasteiger partial charge in [0.15, 0.2) is 0 Å². The molecule has 0 radical (unpaired) electrons. The maximum Gasteiger partial charge on any atom is 0.337 e. The third kappa shape index (κ3) is 7.84. The number of hydrogen-bond acceptors (Lipinski definition) is 7. The number of benzene rings is 5. The Balaban J connectivity index is 1.42. The van der Waals surface area contributed by atoms with Gasteiger partial charge in [-0.1, -0.05) is 65.7 Å². The van der Waals surface area contributed by atoms with Crippen LogP contribution in [0.25, 0.3) is 0 Å².